The van der Waals surface area contributed by atoms with Crippen LogP contribution in [0.15, 0.2) is 0 Å². The van der Waals surface area contributed by atoms with Crippen LogP contribution in [0.25, 0.3) is 0 Å². The summed E-state index contributed by atoms with van der Waals surface area (Å²) in [6.45, 7) is 6.90. The molecule has 0 aliphatic heterocycles. The zero-order chi connectivity index (χ0) is 19.2. The quantitative estimate of drug-likeness (QED) is 0.765. The molecular weight excluding hydrogens is 324 g/mol. The number of hydrogen-bond donors (Lipinski definition) is 1. The second-order valence-electron chi connectivity index (χ2n) is 7.67. The Kier molecular flexibility index (Phi) is 7.70. The molecule has 0 spiro atoms. The topological polar surface area (TPSA) is 84.9 Å². The van der Waals surface area contributed by atoms with E-state index in [1.54, 1.807) is 27.7 Å². The molecule has 1 N–H and O–H groups in total. The van der Waals surface area contributed by atoms with Crippen molar-refractivity contribution >= 4 is 18.0 Å². The van der Waals surface area contributed by atoms with Gasteiger partial charge in [0.1, 0.15) is 17.7 Å². The summed E-state index contributed by atoms with van der Waals surface area (Å²) in [6, 6.07) is -1.43. The minimum atomic E-state index is -0.759. The van der Waals surface area contributed by atoms with Crippen molar-refractivity contribution in [2.24, 2.45) is 5.92 Å². The summed E-state index contributed by atoms with van der Waals surface area (Å²) in [6.07, 6.45) is 4.42. The van der Waals surface area contributed by atoms with Crippen LogP contribution >= 0.6 is 0 Å². The summed E-state index contributed by atoms with van der Waals surface area (Å²) in [5.74, 6) is -0.758. The van der Waals surface area contributed by atoms with Crippen LogP contribution in [-0.4, -0.2) is 54.7 Å². The number of hydrogen-bond acceptors (Lipinski definition) is 5. The van der Waals surface area contributed by atoms with E-state index >= 15 is 0 Å². The normalized spacial score (nSPS) is 18.0. The Morgan fingerprint density at radius 2 is 1.68 bits per heavy atom. The number of esters is 1. The molecule has 1 saturated carbocycles. The molecular formula is C18H32N2O5. The van der Waals surface area contributed by atoms with Crippen molar-refractivity contribution in [2.45, 2.75) is 77.5 Å². The van der Waals surface area contributed by atoms with Gasteiger partial charge in [0.25, 0.3) is 0 Å². The predicted molar refractivity (Wildman–Crippen MR) is 94.0 cm³/mol. The average molecular weight is 356 g/mol. The fourth-order valence-electron chi connectivity index (χ4n) is 2.91. The van der Waals surface area contributed by atoms with Crippen LogP contribution < -0.4 is 5.32 Å². The highest BCUT2D eigenvalue weighted by Gasteiger charge is 2.34. The summed E-state index contributed by atoms with van der Waals surface area (Å²) in [7, 11) is 2.83. The van der Waals surface area contributed by atoms with Crippen molar-refractivity contribution in [1.82, 2.24) is 10.2 Å². The number of nitrogens with zero attached hydrogens (tertiary/aromatic N) is 1. The molecule has 0 heterocycles. The largest absolute Gasteiger partial charge is 0.467 e. The van der Waals surface area contributed by atoms with E-state index in [0.717, 1.165) is 32.1 Å². The Balaban J connectivity index is 2.74. The summed E-state index contributed by atoms with van der Waals surface area (Å²) >= 11 is 0. The first-order valence-corrected chi connectivity index (χ1v) is 8.91. The highest BCUT2D eigenvalue weighted by atomic mass is 16.6. The van der Waals surface area contributed by atoms with E-state index < -0.39 is 35.7 Å². The third kappa shape index (κ3) is 6.55. The molecule has 7 heteroatoms. The number of carbonyl (C=O) groups excluding carboxylic acids is 3. The summed E-state index contributed by atoms with van der Waals surface area (Å²) in [4.78, 5) is 38.0. The molecule has 2 atom stereocenters. The van der Waals surface area contributed by atoms with Crippen molar-refractivity contribution in [3.05, 3.63) is 0 Å². The van der Waals surface area contributed by atoms with Gasteiger partial charge in [0.15, 0.2) is 0 Å². The Bertz CT molecular complexity index is 480. The number of likely N-dealkylation sites (N-methyl/N-ethyl adjacent to an activating group) is 1. The molecule has 25 heavy (non-hydrogen) atoms. The molecule has 7 nitrogen and oxygen atoms in total. The molecule has 0 saturated heterocycles. The van der Waals surface area contributed by atoms with Gasteiger partial charge in [0, 0.05) is 7.05 Å². The van der Waals surface area contributed by atoms with Crippen molar-refractivity contribution < 1.29 is 23.9 Å². The Hall–Kier alpha value is -1.79. The van der Waals surface area contributed by atoms with Crippen molar-refractivity contribution in [2.75, 3.05) is 14.2 Å². The lowest BCUT2D eigenvalue weighted by Gasteiger charge is -2.32. The molecule has 144 valence electrons. The summed E-state index contributed by atoms with van der Waals surface area (Å²) in [5, 5.41) is 2.77. The van der Waals surface area contributed by atoms with Gasteiger partial charge in [-0.3, -0.25) is 9.69 Å². The van der Waals surface area contributed by atoms with Crippen molar-refractivity contribution in [1.29, 1.82) is 0 Å². The van der Waals surface area contributed by atoms with Crippen LogP contribution in [0.1, 0.15) is 59.8 Å². The zero-order valence-corrected chi connectivity index (χ0v) is 16.3. The van der Waals surface area contributed by atoms with Gasteiger partial charge in [-0.2, -0.15) is 0 Å². The number of methoxy groups -OCH3 is 1. The number of carbonyl (C=O) groups is 3. The van der Waals surface area contributed by atoms with Crippen molar-refractivity contribution in [3.8, 4) is 0 Å². The van der Waals surface area contributed by atoms with Gasteiger partial charge >= 0.3 is 12.1 Å². The number of rotatable bonds is 5. The SMILES string of the molecule is COC(=O)C(NC(=O)C(C)N(C)C(=O)OC(C)(C)C)C1CCCCC1. The second kappa shape index (κ2) is 9.06. The number of ether oxygens (including phenoxy) is 2. The molecule has 2 unspecified atom stereocenters. The monoisotopic (exact) mass is 356 g/mol. The molecule has 0 bridgehead atoms. The highest BCUT2D eigenvalue weighted by molar-refractivity contribution is 5.89. The fraction of sp³-hybridized carbons (Fsp3) is 0.833. The lowest BCUT2D eigenvalue weighted by Crippen LogP contribution is -2.54. The van der Waals surface area contributed by atoms with Crippen LogP contribution in [-0.2, 0) is 19.1 Å². The van der Waals surface area contributed by atoms with Gasteiger partial charge in [-0.25, -0.2) is 9.59 Å². The van der Waals surface area contributed by atoms with Gasteiger partial charge in [-0.05, 0) is 46.5 Å². The summed E-state index contributed by atoms with van der Waals surface area (Å²) in [5.41, 5.74) is -0.641. The molecule has 1 aliphatic carbocycles. The van der Waals surface area contributed by atoms with E-state index in [0.29, 0.717) is 0 Å². The first-order chi connectivity index (χ1) is 11.6. The third-order valence-corrected chi connectivity index (χ3v) is 4.52. The van der Waals surface area contributed by atoms with Crippen molar-refractivity contribution in [3.63, 3.8) is 0 Å². The first-order valence-electron chi connectivity index (χ1n) is 8.91. The third-order valence-electron chi connectivity index (χ3n) is 4.52. The first kappa shape index (κ1) is 21.3. The average Bonchev–Trinajstić information content (AvgIpc) is 2.56. The Labute approximate surface area is 150 Å². The maximum Gasteiger partial charge on any atom is 0.410 e. The minimum absolute atomic E-state index is 0.0733. The van der Waals surface area contributed by atoms with Crippen LogP contribution in [0.4, 0.5) is 4.79 Å². The number of nitrogens with one attached hydrogen (secondary N) is 1. The lowest BCUT2D eigenvalue weighted by molar-refractivity contribution is -0.147. The molecule has 1 aliphatic rings. The molecule has 0 aromatic carbocycles. The molecule has 1 rings (SSSR count). The van der Waals surface area contributed by atoms with E-state index in [1.807, 2.05) is 0 Å². The fourth-order valence-corrected chi connectivity index (χ4v) is 2.91. The van der Waals surface area contributed by atoms with Gasteiger partial charge in [-0.15, -0.1) is 0 Å². The lowest BCUT2D eigenvalue weighted by atomic mass is 9.83. The summed E-state index contributed by atoms with van der Waals surface area (Å²) < 4.78 is 10.1. The van der Waals surface area contributed by atoms with Gasteiger partial charge in [0.05, 0.1) is 7.11 Å². The maximum atomic E-state index is 12.6. The van der Waals surface area contributed by atoms with Crippen LogP contribution in [0.3, 0.4) is 0 Å². The van der Waals surface area contributed by atoms with E-state index in [-0.39, 0.29) is 5.92 Å². The molecule has 2 amide bonds. The Morgan fingerprint density at radius 3 is 2.16 bits per heavy atom. The minimum Gasteiger partial charge on any atom is -0.467 e. The highest BCUT2D eigenvalue weighted by Crippen LogP contribution is 2.27. The molecule has 1 fully saturated rings. The van der Waals surface area contributed by atoms with Crippen LogP contribution in [0.5, 0.6) is 0 Å². The van der Waals surface area contributed by atoms with Crippen LogP contribution in [0, 0.1) is 5.92 Å². The van der Waals surface area contributed by atoms with Gasteiger partial charge in [0.2, 0.25) is 5.91 Å². The maximum absolute atomic E-state index is 12.6. The van der Waals surface area contributed by atoms with Gasteiger partial charge < -0.3 is 14.8 Å². The zero-order valence-electron chi connectivity index (χ0n) is 16.3. The Morgan fingerprint density at radius 1 is 1.12 bits per heavy atom. The van der Waals surface area contributed by atoms with Crippen LogP contribution in [0.2, 0.25) is 0 Å². The second-order valence-corrected chi connectivity index (χ2v) is 7.67. The smallest absolute Gasteiger partial charge is 0.410 e. The van der Waals surface area contributed by atoms with E-state index in [9.17, 15) is 14.4 Å². The van der Waals surface area contributed by atoms with E-state index in [1.165, 1.54) is 19.1 Å². The predicted octanol–water partition coefficient (Wildman–Crippen LogP) is 2.48. The van der Waals surface area contributed by atoms with E-state index in [4.69, 9.17) is 9.47 Å². The number of amides is 2. The standard InChI is InChI=1S/C18H32N2O5/c1-12(20(5)17(23)25-18(2,3)4)15(21)19-14(16(22)24-6)13-10-8-7-9-11-13/h12-14H,7-11H2,1-6H3,(H,19,21). The molecule has 0 aromatic rings. The van der Waals surface area contributed by atoms with Gasteiger partial charge in [-0.1, -0.05) is 19.3 Å². The molecule has 0 radical (unpaired) electrons. The van der Waals surface area contributed by atoms with E-state index in [2.05, 4.69) is 5.32 Å². The molecule has 0 aromatic heterocycles.